The number of amides is 1. The van der Waals surface area contributed by atoms with Crippen LogP contribution in [-0.2, 0) is 4.74 Å². The molecule has 0 spiro atoms. The van der Waals surface area contributed by atoms with Crippen LogP contribution in [0.2, 0.25) is 0 Å². The van der Waals surface area contributed by atoms with Crippen molar-refractivity contribution in [3.63, 3.8) is 0 Å². The van der Waals surface area contributed by atoms with Crippen molar-refractivity contribution in [1.82, 2.24) is 9.97 Å². The lowest BCUT2D eigenvalue weighted by molar-refractivity contribution is 0.0622. The number of ether oxygens (including phenoxy) is 1. The van der Waals surface area contributed by atoms with Gasteiger partial charge in [0.05, 0.1) is 16.8 Å². The minimum Gasteiger partial charge on any atom is -0.381 e. The second-order valence-electron chi connectivity index (χ2n) is 7.27. The number of nitrogens with one attached hydrogen (secondary N) is 1. The van der Waals surface area contributed by atoms with E-state index in [0.29, 0.717) is 11.5 Å². The number of carbonyl (C=O) groups excluding carboxylic acids is 1. The number of benzene rings is 1. The maximum absolute atomic E-state index is 12.1. The average molecular weight is 376 g/mol. The highest BCUT2D eigenvalue weighted by Gasteiger charge is 2.23. The quantitative estimate of drug-likeness (QED) is 0.710. The molecule has 0 radical (unpaired) electrons. The van der Waals surface area contributed by atoms with Crippen molar-refractivity contribution in [2.24, 2.45) is 11.7 Å². The van der Waals surface area contributed by atoms with Gasteiger partial charge in [0.2, 0.25) is 0 Å². The Balaban J connectivity index is 1.78. The molecule has 1 aliphatic heterocycles. The smallest absolute Gasteiger partial charge is 0.252 e. The van der Waals surface area contributed by atoms with Crippen molar-refractivity contribution in [3.8, 4) is 11.1 Å². The summed E-state index contributed by atoms with van der Waals surface area (Å²) in [5.74, 6) is 0.00190. The van der Waals surface area contributed by atoms with Gasteiger partial charge in [-0.25, -0.2) is 0 Å². The van der Waals surface area contributed by atoms with Crippen molar-refractivity contribution < 1.29 is 9.53 Å². The number of carbonyl (C=O) groups is 1. The third kappa shape index (κ3) is 3.68. The molecular weight excluding hydrogens is 352 g/mol. The fraction of sp³-hybridized carbons (Fsp3) is 0.318. The van der Waals surface area contributed by atoms with Gasteiger partial charge in [-0.15, -0.1) is 0 Å². The molecule has 1 aromatic carbocycles. The Bertz CT molecular complexity index is 984. The van der Waals surface area contributed by atoms with E-state index in [-0.39, 0.29) is 6.04 Å². The highest BCUT2D eigenvalue weighted by Crippen LogP contribution is 2.32. The largest absolute Gasteiger partial charge is 0.381 e. The normalized spacial score (nSPS) is 16.0. The molecule has 1 fully saturated rings. The number of hydrogen-bond donors (Lipinski definition) is 2. The molecule has 1 aliphatic rings. The van der Waals surface area contributed by atoms with E-state index in [1.165, 1.54) is 0 Å². The van der Waals surface area contributed by atoms with E-state index in [9.17, 15) is 4.79 Å². The van der Waals surface area contributed by atoms with Crippen LogP contribution < -0.4 is 11.1 Å². The van der Waals surface area contributed by atoms with Gasteiger partial charge in [0, 0.05) is 48.8 Å². The van der Waals surface area contributed by atoms with E-state index in [1.807, 2.05) is 36.5 Å². The number of primary amides is 1. The van der Waals surface area contributed by atoms with Crippen molar-refractivity contribution in [2.75, 3.05) is 18.5 Å². The molecule has 3 aromatic rings. The van der Waals surface area contributed by atoms with Gasteiger partial charge in [-0.05, 0) is 49.4 Å². The van der Waals surface area contributed by atoms with Crippen LogP contribution in [0.4, 0.5) is 5.69 Å². The standard InChI is InChI=1S/C22H24N4O2/c1-14(15-6-9-28-10-7-15)26-21-18-11-16(17-3-2-8-24-12-17)4-5-20(18)25-13-19(21)22(23)27/h2-5,8,11-15H,6-7,9-10H2,1H3,(H2,23,27)(H,25,26)/t14-/m1/s1. The number of hydrogen-bond acceptors (Lipinski definition) is 5. The number of aromatic nitrogens is 2. The Morgan fingerprint density at radius 1 is 1.21 bits per heavy atom. The maximum atomic E-state index is 12.1. The van der Waals surface area contributed by atoms with E-state index in [1.54, 1.807) is 12.4 Å². The second kappa shape index (κ2) is 7.94. The van der Waals surface area contributed by atoms with E-state index in [4.69, 9.17) is 10.5 Å². The molecule has 1 atom stereocenters. The number of nitrogens with zero attached hydrogens (tertiary/aromatic N) is 2. The zero-order valence-corrected chi connectivity index (χ0v) is 15.9. The van der Waals surface area contributed by atoms with Gasteiger partial charge in [0.1, 0.15) is 0 Å². The minimum absolute atomic E-state index is 0.189. The highest BCUT2D eigenvalue weighted by atomic mass is 16.5. The Morgan fingerprint density at radius 3 is 2.75 bits per heavy atom. The molecule has 0 aliphatic carbocycles. The van der Waals surface area contributed by atoms with Gasteiger partial charge in [0.25, 0.3) is 5.91 Å². The first-order chi connectivity index (χ1) is 13.6. The summed E-state index contributed by atoms with van der Waals surface area (Å²) < 4.78 is 5.48. The molecule has 1 saturated heterocycles. The molecule has 6 nitrogen and oxygen atoms in total. The SMILES string of the molecule is C[C@@H](Nc1c(C(N)=O)cnc2ccc(-c3cccnc3)cc12)C1CCOCC1. The Labute approximate surface area is 164 Å². The predicted molar refractivity (Wildman–Crippen MR) is 110 cm³/mol. The molecule has 3 N–H and O–H groups in total. The predicted octanol–water partition coefficient (Wildman–Crippen LogP) is 3.62. The van der Waals surface area contributed by atoms with Crippen molar-refractivity contribution >= 4 is 22.5 Å². The molecule has 28 heavy (non-hydrogen) atoms. The van der Waals surface area contributed by atoms with Crippen LogP contribution in [0.1, 0.15) is 30.1 Å². The molecule has 0 unspecified atom stereocenters. The van der Waals surface area contributed by atoms with Crippen LogP contribution in [0.25, 0.3) is 22.0 Å². The third-order valence-electron chi connectivity index (χ3n) is 5.47. The summed E-state index contributed by atoms with van der Waals surface area (Å²) in [6.45, 7) is 3.71. The van der Waals surface area contributed by atoms with Gasteiger partial charge in [0.15, 0.2) is 0 Å². The summed E-state index contributed by atoms with van der Waals surface area (Å²) in [6, 6.07) is 10.1. The minimum atomic E-state index is -0.483. The van der Waals surface area contributed by atoms with Gasteiger partial charge >= 0.3 is 0 Å². The summed E-state index contributed by atoms with van der Waals surface area (Å²) in [5.41, 5.74) is 9.67. The van der Waals surface area contributed by atoms with Crippen molar-refractivity contribution in [3.05, 3.63) is 54.5 Å². The fourth-order valence-corrected chi connectivity index (χ4v) is 3.81. The number of nitrogens with two attached hydrogens (primary N) is 1. The second-order valence-corrected chi connectivity index (χ2v) is 7.27. The number of anilines is 1. The molecule has 144 valence electrons. The van der Waals surface area contributed by atoms with E-state index in [2.05, 4.69) is 22.2 Å². The van der Waals surface area contributed by atoms with Crippen LogP contribution in [0.15, 0.2) is 48.9 Å². The lowest BCUT2D eigenvalue weighted by atomic mass is 9.92. The molecule has 0 bridgehead atoms. The summed E-state index contributed by atoms with van der Waals surface area (Å²) in [4.78, 5) is 20.7. The van der Waals surface area contributed by atoms with Crippen molar-refractivity contribution in [2.45, 2.75) is 25.8 Å². The Kier molecular flexibility index (Phi) is 5.21. The zero-order valence-electron chi connectivity index (χ0n) is 15.9. The molecular formula is C22H24N4O2. The molecule has 1 amide bonds. The maximum Gasteiger partial charge on any atom is 0.252 e. The lowest BCUT2D eigenvalue weighted by Crippen LogP contribution is -2.32. The van der Waals surface area contributed by atoms with E-state index >= 15 is 0 Å². The van der Waals surface area contributed by atoms with Crippen molar-refractivity contribution in [1.29, 1.82) is 0 Å². The van der Waals surface area contributed by atoms with Crippen LogP contribution in [0.5, 0.6) is 0 Å². The van der Waals surface area contributed by atoms with Crippen LogP contribution in [0.3, 0.4) is 0 Å². The molecule has 6 heteroatoms. The van der Waals surface area contributed by atoms with E-state index in [0.717, 1.165) is 53.8 Å². The summed E-state index contributed by atoms with van der Waals surface area (Å²) >= 11 is 0. The number of rotatable bonds is 5. The molecule has 3 heterocycles. The zero-order chi connectivity index (χ0) is 19.5. The van der Waals surface area contributed by atoms with E-state index < -0.39 is 5.91 Å². The first kappa shape index (κ1) is 18.4. The Morgan fingerprint density at radius 2 is 2.04 bits per heavy atom. The van der Waals surface area contributed by atoms with Crippen LogP contribution >= 0.6 is 0 Å². The number of fused-ring (bicyclic) bond motifs is 1. The van der Waals surface area contributed by atoms with Gasteiger partial charge in [-0.2, -0.15) is 0 Å². The highest BCUT2D eigenvalue weighted by molar-refractivity contribution is 6.07. The first-order valence-corrected chi connectivity index (χ1v) is 9.60. The Hall–Kier alpha value is -2.99. The van der Waals surface area contributed by atoms with Crippen LogP contribution in [-0.4, -0.2) is 35.1 Å². The number of pyridine rings is 2. The summed E-state index contributed by atoms with van der Waals surface area (Å²) in [5, 5.41) is 4.46. The lowest BCUT2D eigenvalue weighted by Gasteiger charge is -2.30. The molecule has 2 aromatic heterocycles. The topological polar surface area (TPSA) is 90.1 Å². The molecule has 4 rings (SSSR count). The summed E-state index contributed by atoms with van der Waals surface area (Å²) in [7, 11) is 0. The average Bonchev–Trinajstić information content (AvgIpc) is 2.74. The monoisotopic (exact) mass is 376 g/mol. The van der Waals surface area contributed by atoms with Crippen LogP contribution in [0, 0.1) is 5.92 Å². The molecule has 0 saturated carbocycles. The summed E-state index contributed by atoms with van der Waals surface area (Å²) in [6.07, 6.45) is 7.14. The third-order valence-corrected chi connectivity index (χ3v) is 5.47. The van der Waals surface area contributed by atoms with Gasteiger partial charge in [-0.1, -0.05) is 12.1 Å². The fourth-order valence-electron chi connectivity index (χ4n) is 3.81. The van der Waals surface area contributed by atoms with Gasteiger partial charge < -0.3 is 15.8 Å². The van der Waals surface area contributed by atoms with Gasteiger partial charge in [-0.3, -0.25) is 14.8 Å². The first-order valence-electron chi connectivity index (χ1n) is 9.60.